The average molecular weight is 394 g/mol. The Balaban J connectivity index is 1.64. The van der Waals surface area contributed by atoms with E-state index in [0.29, 0.717) is 25.2 Å². The maximum absolute atomic E-state index is 12.6. The fourth-order valence-electron chi connectivity index (χ4n) is 3.23. The molecule has 0 aliphatic carbocycles. The monoisotopic (exact) mass is 394 g/mol. The van der Waals surface area contributed by atoms with E-state index in [4.69, 9.17) is 0 Å². The van der Waals surface area contributed by atoms with Gasteiger partial charge in [0, 0.05) is 18.8 Å². The van der Waals surface area contributed by atoms with Crippen molar-refractivity contribution in [3.8, 4) is 5.75 Å². The van der Waals surface area contributed by atoms with Gasteiger partial charge in [-0.3, -0.25) is 9.69 Å². The maximum Gasteiger partial charge on any atom is 0.573 e. The van der Waals surface area contributed by atoms with Gasteiger partial charge in [0.1, 0.15) is 5.75 Å². The quantitative estimate of drug-likeness (QED) is 0.827. The average Bonchev–Trinajstić information content (AvgIpc) is 2.81. The van der Waals surface area contributed by atoms with Gasteiger partial charge in [-0.2, -0.15) is 0 Å². The lowest BCUT2D eigenvalue weighted by atomic mass is 10.0. The Morgan fingerprint density at radius 2 is 1.89 bits per heavy atom. The third-order valence-electron chi connectivity index (χ3n) is 4.76. The highest BCUT2D eigenvalue weighted by atomic mass is 19.4. The van der Waals surface area contributed by atoms with Crippen molar-refractivity contribution in [1.82, 2.24) is 4.90 Å². The summed E-state index contributed by atoms with van der Waals surface area (Å²) < 4.78 is 40.5. The zero-order chi connectivity index (χ0) is 20.3. The minimum Gasteiger partial charge on any atom is -0.406 e. The van der Waals surface area contributed by atoms with Crippen LogP contribution in [0.5, 0.6) is 5.75 Å². The van der Waals surface area contributed by atoms with E-state index in [0.717, 1.165) is 23.3 Å². The van der Waals surface area contributed by atoms with Crippen molar-refractivity contribution in [2.45, 2.75) is 38.4 Å². The number of hydrogen-bond acceptors (Lipinski definition) is 4. The Kier molecular flexibility index (Phi) is 5.90. The lowest BCUT2D eigenvalue weighted by Crippen LogP contribution is -2.41. The van der Waals surface area contributed by atoms with Crippen LogP contribution in [-0.2, 0) is 11.3 Å². The number of rotatable bonds is 4. The molecule has 1 aliphatic heterocycles. The number of nitrogens with one attached hydrogen (secondary N) is 1. The second kappa shape index (κ2) is 8.20. The van der Waals surface area contributed by atoms with Crippen LogP contribution in [0.3, 0.4) is 0 Å². The van der Waals surface area contributed by atoms with E-state index in [1.807, 2.05) is 29.2 Å². The number of hydrogen-bond donors (Lipinski definition) is 2. The van der Waals surface area contributed by atoms with Gasteiger partial charge >= 0.3 is 6.36 Å². The van der Waals surface area contributed by atoms with Crippen LogP contribution in [-0.4, -0.2) is 34.9 Å². The molecule has 2 aromatic rings. The number of anilines is 1. The van der Waals surface area contributed by atoms with Crippen molar-refractivity contribution >= 4 is 11.6 Å². The van der Waals surface area contributed by atoms with E-state index in [1.54, 1.807) is 6.92 Å². The Morgan fingerprint density at radius 1 is 1.21 bits per heavy atom. The molecule has 0 radical (unpaired) electrons. The van der Waals surface area contributed by atoms with Crippen molar-refractivity contribution < 1.29 is 27.8 Å². The van der Waals surface area contributed by atoms with E-state index in [9.17, 15) is 23.1 Å². The molecular formula is C20H21F3N2O3. The predicted molar refractivity (Wildman–Crippen MR) is 97.6 cm³/mol. The van der Waals surface area contributed by atoms with Crippen LogP contribution in [0, 0.1) is 0 Å². The van der Waals surface area contributed by atoms with Crippen molar-refractivity contribution in [1.29, 1.82) is 0 Å². The van der Waals surface area contributed by atoms with Gasteiger partial charge in [-0.1, -0.05) is 24.3 Å². The summed E-state index contributed by atoms with van der Waals surface area (Å²) in [6, 6.07) is 12.1. The molecule has 0 bridgehead atoms. The largest absolute Gasteiger partial charge is 0.573 e. The summed E-state index contributed by atoms with van der Waals surface area (Å²) in [5, 5.41) is 13.0. The molecule has 3 rings (SSSR count). The lowest BCUT2D eigenvalue weighted by Gasteiger charge is -2.27. The molecule has 2 N–H and O–H groups in total. The van der Waals surface area contributed by atoms with Crippen LogP contribution in [0.15, 0.2) is 48.5 Å². The summed E-state index contributed by atoms with van der Waals surface area (Å²) in [6.07, 6.45) is -4.82. The summed E-state index contributed by atoms with van der Waals surface area (Å²) in [6.45, 7) is 2.83. The molecule has 150 valence electrons. The first-order chi connectivity index (χ1) is 13.2. The highest BCUT2D eigenvalue weighted by molar-refractivity contribution is 5.94. The minimum atomic E-state index is -4.76. The van der Waals surface area contributed by atoms with Crippen LogP contribution in [0.2, 0.25) is 0 Å². The van der Waals surface area contributed by atoms with Gasteiger partial charge in [-0.15, -0.1) is 13.2 Å². The molecule has 5 nitrogen and oxygen atoms in total. The summed E-state index contributed by atoms with van der Waals surface area (Å²) >= 11 is 0. The van der Waals surface area contributed by atoms with Crippen LogP contribution in [0.25, 0.3) is 0 Å². The lowest BCUT2D eigenvalue weighted by molar-refractivity contribution is -0.274. The van der Waals surface area contributed by atoms with E-state index in [1.165, 1.54) is 12.1 Å². The number of benzene rings is 2. The first kappa shape index (κ1) is 20.2. The Bertz CT molecular complexity index is 824. The maximum atomic E-state index is 12.6. The number of aliphatic hydroxyl groups is 1. The van der Waals surface area contributed by atoms with Crippen molar-refractivity contribution in [2.24, 2.45) is 0 Å². The van der Waals surface area contributed by atoms with E-state index in [-0.39, 0.29) is 11.7 Å². The van der Waals surface area contributed by atoms with E-state index >= 15 is 0 Å². The van der Waals surface area contributed by atoms with Crippen molar-refractivity contribution in [3.63, 3.8) is 0 Å². The van der Waals surface area contributed by atoms with Crippen LogP contribution in [0.4, 0.5) is 18.9 Å². The number of ether oxygens (including phenoxy) is 1. The van der Waals surface area contributed by atoms with E-state index < -0.39 is 18.5 Å². The molecule has 8 heteroatoms. The second-order valence-electron chi connectivity index (χ2n) is 6.71. The summed E-state index contributed by atoms with van der Waals surface area (Å²) in [5.41, 5.74) is 2.22. The fraction of sp³-hybridized carbons (Fsp3) is 0.350. The van der Waals surface area contributed by atoms with Gasteiger partial charge in [0.15, 0.2) is 0 Å². The highest BCUT2D eigenvalue weighted by Gasteiger charge is 2.31. The molecule has 0 saturated carbocycles. The Hall–Kier alpha value is -2.58. The molecule has 1 aliphatic rings. The zero-order valence-electron chi connectivity index (χ0n) is 15.2. The van der Waals surface area contributed by atoms with E-state index in [2.05, 4.69) is 10.1 Å². The number of carbonyl (C=O) groups excluding carboxylic acids is 1. The molecule has 28 heavy (non-hydrogen) atoms. The van der Waals surface area contributed by atoms with Crippen LogP contribution >= 0.6 is 0 Å². The summed E-state index contributed by atoms with van der Waals surface area (Å²) in [5.74, 6) is -0.630. The first-order valence-corrected chi connectivity index (χ1v) is 8.89. The van der Waals surface area contributed by atoms with Crippen LogP contribution < -0.4 is 10.1 Å². The number of aliphatic hydroxyl groups excluding tert-OH is 1. The van der Waals surface area contributed by atoms with Gasteiger partial charge in [-0.05, 0) is 48.7 Å². The molecule has 2 unspecified atom stereocenters. The molecule has 2 aromatic carbocycles. The predicted octanol–water partition coefficient (Wildman–Crippen LogP) is 3.85. The number of fused-ring (bicyclic) bond motifs is 1. The summed E-state index contributed by atoms with van der Waals surface area (Å²) in [4.78, 5) is 14.6. The first-order valence-electron chi connectivity index (χ1n) is 8.89. The van der Waals surface area contributed by atoms with Gasteiger partial charge in [0.2, 0.25) is 5.91 Å². The van der Waals surface area contributed by atoms with Crippen molar-refractivity contribution in [3.05, 3.63) is 59.7 Å². The Morgan fingerprint density at radius 3 is 2.57 bits per heavy atom. The minimum absolute atomic E-state index is 0.279. The molecule has 2 atom stereocenters. The standard InChI is InChI=1S/C20H21F3N2O3/c1-13(25-11-10-18(26)17-5-3-2-4-14(17)12-25)19(27)24-15-6-8-16(9-7-15)28-20(21,22)23/h2-9,13,18,26H,10-12H2,1H3,(H,24,27). The smallest absolute Gasteiger partial charge is 0.406 e. The number of alkyl halides is 3. The molecule has 0 aromatic heterocycles. The topological polar surface area (TPSA) is 61.8 Å². The van der Waals surface area contributed by atoms with Crippen molar-refractivity contribution in [2.75, 3.05) is 11.9 Å². The van der Waals surface area contributed by atoms with Crippen LogP contribution in [0.1, 0.15) is 30.6 Å². The van der Waals surface area contributed by atoms with Gasteiger partial charge in [0.25, 0.3) is 0 Å². The number of amides is 1. The zero-order valence-corrected chi connectivity index (χ0v) is 15.2. The van der Waals surface area contributed by atoms with Gasteiger partial charge < -0.3 is 15.2 Å². The molecular weight excluding hydrogens is 373 g/mol. The second-order valence-corrected chi connectivity index (χ2v) is 6.71. The molecule has 0 fully saturated rings. The third kappa shape index (κ3) is 5.02. The third-order valence-corrected chi connectivity index (χ3v) is 4.76. The fourth-order valence-corrected chi connectivity index (χ4v) is 3.23. The molecule has 1 heterocycles. The Labute approximate surface area is 160 Å². The van der Waals surface area contributed by atoms with Gasteiger partial charge in [0.05, 0.1) is 12.1 Å². The molecule has 0 spiro atoms. The number of halogens is 3. The normalized spacial score (nSPS) is 18.7. The molecule has 1 amide bonds. The summed E-state index contributed by atoms with van der Waals surface area (Å²) in [7, 11) is 0. The SMILES string of the molecule is CC(C(=O)Nc1ccc(OC(F)(F)F)cc1)N1CCC(O)c2ccccc2C1. The van der Waals surface area contributed by atoms with Gasteiger partial charge in [-0.25, -0.2) is 0 Å². The number of carbonyl (C=O) groups is 1. The number of nitrogens with zero attached hydrogens (tertiary/aromatic N) is 1. The molecule has 0 saturated heterocycles. The highest BCUT2D eigenvalue weighted by Crippen LogP contribution is 2.28.